The molecule has 2 rings (SSSR count). The molecule has 0 fully saturated rings. The van der Waals surface area contributed by atoms with E-state index in [1.54, 1.807) is 13.2 Å². The van der Waals surface area contributed by atoms with Crippen molar-refractivity contribution in [2.45, 2.75) is 20.0 Å². The number of ether oxygens (including phenoxy) is 1. The third-order valence-corrected chi connectivity index (χ3v) is 3.10. The number of nitrogens with zero attached hydrogens (tertiary/aromatic N) is 3. The van der Waals surface area contributed by atoms with Gasteiger partial charge in [-0.25, -0.2) is 4.98 Å². The molecule has 0 spiro atoms. The van der Waals surface area contributed by atoms with Gasteiger partial charge in [0.1, 0.15) is 0 Å². The van der Waals surface area contributed by atoms with E-state index in [4.69, 9.17) is 4.74 Å². The molecule has 0 unspecified atom stereocenters. The summed E-state index contributed by atoms with van der Waals surface area (Å²) in [5.41, 5.74) is 1.10. The van der Waals surface area contributed by atoms with Crippen LogP contribution in [0.25, 0.3) is 0 Å². The summed E-state index contributed by atoms with van der Waals surface area (Å²) < 4.78 is 7.52. The second-order valence-electron chi connectivity index (χ2n) is 4.71. The molecule has 22 heavy (non-hydrogen) atoms. The summed E-state index contributed by atoms with van der Waals surface area (Å²) in [4.78, 5) is 8.37. The molecule has 0 aromatic carbocycles. The van der Waals surface area contributed by atoms with Crippen molar-refractivity contribution in [3.63, 3.8) is 0 Å². The highest BCUT2D eigenvalue weighted by atomic mass is 16.5. The standard InChI is InChI=1S/C16H23N5O/c1-3-22-15-12-14(6-7-18-15)13-20-16(17-2)19-8-11-21-9-4-5-10-21/h4-7,9-10,12H,3,8,11,13H2,1-2H3,(H2,17,19,20). The summed E-state index contributed by atoms with van der Waals surface area (Å²) in [7, 11) is 1.77. The maximum Gasteiger partial charge on any atom is 0.213 e. The van der Waals surface area contributed by atoms with Crippen LogP contribution in [0.15, 0.2) is 47.8 Å². The van der Waals surface area contributed by atoms with Gasteiger partial charge in [-0.1, -0.05) is 0 Å². The number of hydrogen-bond donors (Lipinski definition) is 2. The molecule has 0 saturated carbocycles. The molecule has 0 radical (unpaired) electrons. The fraction of sp³-hybridized carbons (Fsp3) is 0.375. The molecule has 118 valence electrons. The van der Waals surface area contributed by atoms with Crippen molar-refractivity contribution in [3.8, 4) is 5.88 Å². The number of nitrogens with one attached hydrogen (secondary N) is 2. The number of rotatable bonds is 7. The maximum atomic E-state index is 5.40. The maximum absolute atomic E-state index is 5.40. The van der Waals surface area contributed by atoms with Crippen molar-refractivity contribution >= 4 is 5.96 Å². The Morgan fingerprint density at radius 2 is 2.14 bits per heavy atom. The van der Waals surface area contributed by atoms with Crippen LogP contribution in [0.5, 0.6) is 5.88 Å². The fourth-order valence-electron chi connectivity index (χ4n) is 2.02. The molecule has 0 aliphatic rings. The van der Waals surface area contributed by atoms with Gasteiger partial charge in [0.25, 0.3) is 0 Å². The van der Waals surface area contributed by atoms with E-state index in [2.05, 4.69) is 25.2 Å². The van der Waals surface area contributed by atoms with E-state index in [0.29, 0.717) is 19.0 Å². The van der Waals surface area contributed by atoms with Crippen LogP contribution < -0.4 is 15.4 Å². The van der Waals surface area contributed by atoms with Crippen molar-refractivity contribution < 1.29 is 4.74 Å². The predicted molar refractivity (Wildman–Crippen MR) is 88.0 cm³/mol. The molecule has 0 aliphatic carbocycles. The lowest BCUT2D eigenvalue weighted by atomic mass is 10.2. The molecule has 2 heterocycles. The molecule has 0 bridgehead atoms. The largest absolute Gasteiger partial charge is 0.478 e. The van der Waals surface area contributed by atoms with Crippen LogP contribution in [0.4, 0.5) is 0 Å². The molecule has 0 amide bonds. The zero-order valence-electron chi connectivity index (χ0n) is 13.1. The smallest absolute Gasteiger partial charge is 0.213 e. The van der Waals surface area contributed by atoms with Gasteiger partial charge in [-0.2, -0.15) is 0 Å². The lowest BCUT2D eigenvalue weighted by molar-refractivity contribution is 0.326. The van der Waals surface area contributed by atoms with Crippen LogP contribution in [-0.4, -0.2) is 35.7 Å². The molecule has 2 aromatic rings. The SMILES string of the molecule is CCOc1cc(CNC(=NC)NCCn2cccc2)ccn1. The van der Waals surface area contributed by atoms with Crippen LogP contribution >= 0.6 is 0 Å². The summed E-state index contributed by atoms with van der Waals surface area (Å²) in [6.07, 6.45) is 5.85. The first-order chi connectivity index (χ1) is 10.8. The van der Waals surface area contributed by atoms with E-state index in [1.807, 2.05) is 43.6 Å². The van der Waals surface area contributed by atoms with Crippen LogP contribution in [-0.2, 0) is 13.1 Å². The zero-order valence-corrected chi connectivity index (χ0v) is 13.1. The lowest BCUT2D eigenvalue weighted by Gasteiger charge is -2.12. The highest BCUT2D eigenvalue weighted by Gasteiger charge is 2.00. The van der Waals surface area contributed by atoms with E-state index >= 15 is 0 Å². The molecular weight excluding hydrogens is 278 g/mol. The van der Waals surface area contributed by atoms with Gasteiger partial charge in [0.2, 0.25) is 5.88 Å². The minimum Gasteiger partial charge on any atom is -0.478 e. The van der Waals surface area contributed by atoms with Crippen LogP contribution in [0.3, 0.4) is 0 Å². The minimum absolute atomic E-state index is 0.618. The monoisotopic (exact) mass is 301 g/mol. The van der Waals surface area contributed by atoms with Gasteiger partial charge in [0, 0.05) is 51.3 Å². The second kappa shape index (κ2) is 8.71. The van der Waals surface area contributed by atoms with Gasteiger partial charge >= 0.3 is 0 Å². The summed E-state index contributed by atoms with van der Waals surface area (Å²) in [5.74, 6) is 1.43. The molecule has 2 aromatic heterocycles. The average molecular weight is 301 g/mol. The summed E-state index contributed by atoms with van der Waals surface area (Å²) in [6.45, 7) is 4.95. The van der Waals surface area contributed by atoms with Crippen LogP contribution in [0.2, 0.25) is 0 Å². The van der Waals surface area contributed by atoms with Crippen LogP contribution in [0, 0.1) is 0 Å². The summed E-state index contributed by atoms with van der Waals surface area (Å²) in [6, 6.07) is 7.94. The third-order valence-electron chi connectivity index (χ3n) is 3.10. The Bertz CT molecular complexity index is 580. The molecule has 0 saturated heterocycles. The fourth-order valence-corrected chi connectivity index (χ4v) is 2.02. The first-order valence-corrected chi connectivity index (χ1v) is 7.45. The number of aliphatic imine (C=N–C) groups is 1. The number of pyridine rings is 1. The molecule has 6 heteroatoms. The van der Waals surface area contributed by atoms with Crippen molar-refractivity contribution in [1.82, 2.24) is 20.2 Å². The van der Waals surface area contributed by atoms with E-state index in [-0.39, 0.29) is 0 Å². The molecular formula is C16H23N5O. The van der Waals surface area contributed by atoms with Gasteiger partial charge in [-0.15, -0.1) is 0 Å². The first-order valence-electron chi connectivity index (χ1n) is 7.45. The van der Waals surface area contributed by atoms with Crippen molar-refractivity contribution in [2.75, 3.05) is 20.2 Å². The Labute approximate surface area is 131 Å². The normalized spacial score (nSPS) is 11.3. The molecule has 2 N–H and O–H groups in total. The lowest BCUT2D eigenvalue weighted by Crippen LogP contribution is -2.38. The van der Waals surface area contributed by atoms with E-state index in [9.17, 15) is 0 Å². The molecule has 6 nitrogen and oxygen atoms in total. The van der Waals surface area contributed by atoms with Gasteiger partial charge in [-0.05, 0) is 30.7 Å². The second-order valence-corrected chi connectivity index (χ2v) is 4.71. The van der Waals surface area contributed by atoms with Gasteiger partial charge in [-0.3, -0.25) is 4.99 Å². The van der Waals surface area contributed by atoms with Crippen LogP contribution in [0.1, 0.15) is 12.5 Å². The van der Waals surface area contributed by atoms with Gasteiger partial charge in [0.05, 0.1) is 6.61 Å². The van der Waals surface area contributed by atoms with E-state index in [0.717, 1.165) is 24.6 Å². The third kappa shape index (κ3) is 5.12. The average Bonchev–Trinajstić information content (AvgIpc) is 3.05. The van der Waals surface area contributed by atoms with E-state index in [1.165, 1.54) is 0 Å². The predicted octanol–water partition coefficient (Wildman–Crippen LogP) is 1.65. The zero-order chi connectivity index (χ0) is 15.6. The topological polar surface area (TPSA) is 63.5 Å². The first kappa shape index (κ1) is 15.9. The van der Waals surface area contributed by atoms with Gasteiger partial charge in [0.15, 0.2) is 5.96 Å². The van der Waals surface area contributed by atoms with Gasteiger partial charge < -0.3 is 19.9 Å². The quantitative estimate of drug-likeness (QED) is 0.603. The van der Waals surface area contributed by atoms with Crippen molar-refractivity contribution in [3.05, 3.63) is 48.4 Å². The number of aromatic nitrogens is 2. The Morgan fingerprint density at radius 1 is 1.32 bits per heavy atom. The Hall–Kier alpha value is -2.50. The Morgan fingerprint density at radius 3 is 2.86 bits per heavy atom. The van der Waals surface area contributed by atoms with Crippen molar-refractivity contribution in [2.24, 2.45) is 4.99 Å². The van der Waals surface area contributed by atoms with Crippen molar-refractivity contribution in [1.29, 1.82) is 0 Å². The molecule has 0 atom stereocenters. The molecule has 0 aliphatic heterocycles. The Balaban J connectivity index is 1.77. The highest BCUT2D eigenvalue weighted by Crippen LogP contribution is 2.08. The van der Waals surface area contributed by atoms with E-state index < -0.39 is 0 Å². The highest BCUT2D eigenvalue weighted by molar-refractivity contribution is 5.79. The summed E-state index contributed by atoms with van der Waals surface area (Å²) in [5, 5.41) is 6.57. The minimum atomic E-state index is 0.618. The number of guanidine groups is 1. The summed E-state index contributed by atoms with van der Waals surface area (Å²) >= 11 is 0. The Kier molecular flexibility index (Phi) is 6.29. The number of hydrogen-bond acceptors (Lipinski definition) is 3.